The first kappa shape index (κ1) is 20.2. The summed E-state index contributed by atoms with van der Waals surface area (Å²) in [5, 5.41) is 0.513. The fourth-order valence-corrected chi connectivity index (χ4v) is 4.00. The molecule has 1 aromatic heterocycles. The molecule has 4 nitrogen and oxygen atoms in total. The third-order valence-corrected chi connectivity index (χ3v) is 5.22. The Morgan fingerprint density at radius 3 is 2.00 bits per heavy atom. The van der Waals surface area contributed by atoms with Gasteiger partial charge in [-0.2, -0.15) is 0 Å². The van der Waals surface area contributed by atoms with Crippen molar-refractivity contribution in [2.45, 2.75) is 45.0 Å². The minimum absolute atomic E-state index is 0.0933. The molecule has 3 aromatic rings. The molecule has 146 valence electrons. The molecule has 28 heavy (non-hydrogen) atoms. The Hall–Kier alpha value is -2.53. The van der Waals surface area contributed by atoms with Crippen LogP contribution >= 0.6 is 11.8 Å². The van der Waals surface area contributed by atoms with Gasteiger partial charge in [0.05, 0.1) is 5.75 Å². The maximum Gasteiger partial charge on any atom is 0.257 e. The molecule has 0 saturated carbocycles. The number of nitrogens with zero attached hydrogens (tertiary/aromatic N) is 2. The third-order valence-electron chi connectivity index (χ3n) is 4.41. The number of amides is 1. The Morgan fingerprint density at radius 2 is 1.46 bits per heavy atom. The van der Waals surface area contributed by atoms with Gasteiger partial charge in [0.1, 0.15) is 5.69 Å². The van der Waals surface area contributed by atoms with Crippen LogP contribution in [0.15, 0.2) is 70.3 Å². The molecule has 0 fully saturated rings. The zero-order chi connectivity index (χ0) is 20.1. The average Bonchev–Trinajstić information content (AvgIpc) is 3.11. The van der Waals surface area contributed by atoms with Crippen LogP contribution in [0.25, 0.3) is 22.6 Å². The van der Waals surface area contributed by atoms with Crippen molar-refractivity contribution in [2.75, 3.05) is 5.75 Å². The number of carbonyl (C=O) groups excluding carboxylic acids is 1. The van der Waals surface area contributed by atoms with E-state index in [1.54, 1.807) is 0 Å². The van der Waals surface area contributed by atoms with E-state index in [0.717, 1.165) is 22.6 Å². The lowest BCUT2D eigenvalue weighted by Crippen LogP contribution is -2.43. The third kappa shape index (κ3) is 4.65. The van der Waals surface area contributed by atoms with Crippen LogP contribution in [0.2, 0.25) is 0 Å². The summed E-state index contributed by atoms with van der Waals surface area (Å²) in [6.45, 7) is 8.15. The lowest BCUT2D eigenvalue weighted by Gasteiger charge is -2.30. The Balaban J connectivity index is 1.87. The van der Waals surface area contributed by atoms with Gasteiger partial charge in [0, 0.05) is 23.2 Å². The minimum Gasteiger partial charge on any atom is -0.431 e. The van der Waals surface area contributed by atoms with E-state index in [4.69, 9.17) is 9.40 Å². The van der Waals surface area contributed by atoms with Crippen LogP contribution in [0, 0.1) is 0 Å². The van der Waals surface area contributed by atoms with Crippen LogP contribution in [0.5, 0.6) is 0 Å². The summed E-state index contributed by atoms with van der Waals surface area (Å²) in [4.78, 5) is 19.3. The molecule has 0 bridgehead atoms. The first-order valence-electron chi connectivity index (χ1n) is 9.53. The Kier molecular flexibility index (Phi) is 6.57. The maximum atomic E-state index is 12.7. The highest BCUT2D eigenvalue weighted by atomic mass is 32.2. The van der Waals surface area contributed by atoms with Crippen molar-refractivity contribution in [3.8, 4) is 22.6 Å². The predicted octanol–water partition coefficient (Wildman–Crippen LogP) is 5.75. The number of hydrogen-bond donors (Lipinski definition) is 0. The Morgan fingerprint density at radius 1 is 0.929 bits per heavy atom. The van der Waals surface area contributed by atoms with E-state index in [-0.39, 0.29) is 18.0 Å². The lowest BCUT2D eigenvalue weighted by atomic mass is 10.1. The average molecular weight is 395 g/mol. The van der Waals surface area contributed by atoms with E-state index in [1.165, 1.54) is 11.8 Å². The van der Waals surface area contributed by atoms with Crippen LogP contribution in [0.3, 0.4) is 0 Å². The fraction of sp³-hybridized carbons (Fsp3) is 0.304. The molecule has 0 atom stereocenters. The normalized spacial score (nSPS) is 11.2. The second kappa shape index (κ2) is 9.11. The first-order valence-corrected chi connectivity index (χ1v) is 10.5. The molecule has 0 unspecified atom stereocenters. The van der Waals surface area contributed by atoms with Crippen molar-refractivity contribution in [3.63, 3.8) is 0 Å². The van der Waals surface area contributed by atoms with Gasteiger partial charge < -0.3 is 9.32 Å². The standard InChI is InChI=1S/C23H26N2O2S/c1-16(2)25(17(3)4)20(26)15-28-23-24-21(18-11-7-5-8-12-18)22(27-23)19-13-9-6-10-14-19/h5-14,16-17H,15H2,1-4H3. The minimum atomic E-state index is 0.0933. The number of rotatable bonds is 7. The molecule has 3 rings (SSSR count). The molecule has 0 spiro atoms. The fourth-order valence-electron chi connectivity index (χ4n) is 3.31. The number of thioether (sulfide) groups is 1. The van der Waals surface area contributed by atoms with Gasteiger partial charge in [-0.25, -0.2) is 4.98 Å². The lowest BCUT2D eigenvalue weighted by molar-refractivity contribution is -0.131. The Bertz CT molecular complexity index is 840. The highest BCUT2D eigenvalue weighted by Gasteiger charge is 2.22. The van der Waals surface area contributed by atoms with Gasteiger partial charge in [-0.3, -0.25) is 4.79 Å². The molecule has 0 radical (unpaired) electrons. The van der Waals surface area contributed by atoms with E-state index in [1.807, 2.05) is 93.3 Å². The maximum absolute atomic E-state index is 12.7. The van der Waals surface area contributed by atoms with Crippen molar-refractivity contribution in [1.82, 2.24) is 9.88 Å². The topological polar surface area (TPSA) is 46.3 Å². The number of carbonyl (C=O) groups is 1. The molecule has 0 aliphatic carbocycles. The number of hydrogen-bond acceptors (Lipinski definition) is 4. The highest BCUT2D eigenvalue weighted by molar-refractivity contribution is 7.99. The van der Waals surface area contributed by atoms with Crippen LogP contribution in [-0.2, 0) is 4.79 Å². The number of aromatic nitrogens is 1. The Labute approximate surface area is 171 Å². The van der Waals surface area contributed by atoms with Crippen molar-refractivity contribution in [3.05, 3.63) is 60.7 Å². The molecule has 5 heteroatoms. The van der Waals surface area contributed by atoms with Gasteiger partial charge in [-0.05, 0) is 27.7 Å². The summed E-state index contributed by atoms with van der Waals surface area (Å²) in [6.07, 6.45) is 0. The van der Waals surface area contributed by atoms with Crippen molar-refractivity contribution in [1.29, 1.82) is 0 Å². The second-order valence-electron chi connectivity index (χ2n) is 7.17. The summed E-state index contributed by atoms with van der Waals surface area (Å²) in [7, 11) is 0. The molecule has 1 heterocycles. The second-order valence-corrected chi connectivity index (χ2v) is 8.09. The van der Waals surface area contributed by atoms with Crippen molar-refractivity contribution < 1.29 is 9.21 Å². The summed E-state index contributed by atoms with van der Waals surface area (Å²) >= 11 is 1.35. The van der Waals surface area contributed by atoms with E-state index in [9.17, 15) is 4.79 Å². The largest absolute Gasteiger partial charge is 0.431 e. The van der Waals surface area contributed by atoms with Crippen LogP contribution in [0.4, 0.5) is 0 Å². The quantitative estimate of drug-likeness (QED) is 0.479. The first-order chi connectivity index (χ1) is 13.5. The van der Waals surface area contributed by atoms with Gasteiger partial charge in [-0.15, -0.1) is 0 Å². The summed E-state index contributed by atoms with van der Waals surface area (Å²) in [5.41, 5.74) is 2.76. The van der Waals surface area contributed by atoms with Gasteiger partial charge in [-0.1, -0.05) is 72.4 Å². The van der Waals surface area contributed by atoms with Gasteiger partial charge in [0.25, 0.3) is 5.22 Å². The van der Waals surface area contributed by atoms with E-state index in [2.05, 4.69) is 0 Å². The molecule has 0 aliphatic heterocycles. The van der Waals surface area contributed by atoms with Crippen LogP contribution in [0.1, 0.15) is 27.7 Å². The zero-order valence-electron chi connectivity index (χ0n) is 16.8. The van der Waals surface area contributed by atoms with Gasteiger partial charge >= 0.3 is 0 Å². The van der Waals surface area contributed by atoms with Crippen LogP contribution in [-0.4, -0.2) is 33.6 Å². The molecule has 0 saturated heterocycles. The molecule has 1 amide bonds. The smallest absolute Gasteiger partial charge is 0.257 e. The van der Waals surface area contributed by atoms with Crippen molar-refractivity contribution >= 4 is 17.7 Å². The number of oxazole rings is 1. The number of benzene rings is 2. The summed E-state index contributed by atoms with van der Waals surface area (Å²) in [5.74, 6) is 1.13. The molecule has 0 N–H and O–H groups in total. The zero-order valence-corrected chi connectivity index (χ0v) is 17.6. The summed E-state index contributed by atoms with van der Waals surface area (Å²) < 4.78 is 6.09. The van der Waals surface area contributed by atoms with E-state index < -0.39 is 0 Å². The van der Waals surface area contributed by atoms with Gasteiger partial charge in [0.15, 0.2) is 5.76 Å². The monoisotopic (exact) mass is 394 g/mol. The van der Waals surface area contributed by atoms with Gasteiger partial charge in [0.2, 0.25) is 5.91 Å². The van der Waals surface area contributed by atoms with Crippen molar-refractivity contribution in [2.24, 2.45) is 0 Å². The SMILES string of the molecule is CC(C)N(C(=O)CSc1nc(-c2ccccc2)c(-c2ccccc2)o1)C(C)C. The predicted molar refractivity (Wildman–Crippen MR) is 115 cm³/mol. The molecular formula is C23H26N2O2S. The van der Waals surface area contributed by atoms with Crippen LogP contribution < -0.4 is 0 Å². The molecular weight excluding hydrogens is 368 g/mol. The molecule has 2 aromatic carbocycles. The van der Waals surface area contributed by atoms with E-state index >= 15 is 0 Å². The summed E-state index contributed by atoms with van der Waals surface area (Å²) in [6, 6.07) is 20.3. The highest BCUT2D eigenvalue weighted by Crippen LogP contribution is 2.35. The molecule has 0 aliphatic rings. The van der Waals surface area contributed by atoms with E-state index in [0.29, 0.717) is 11.0 Å².